The molecule has 1 N–H and O–H groups in total. The number of nitrogens with zero attached hydrogens (tertiary/aromatic N) is 1. The molecule has 1 saturated carbocycles. The van der Waals surface area contributed by atoms with Crippen LogP contribution in [0.4, 0.5) is 15.8 Å². The maximum absolute atomic E-state index is 14.4. The summed E-state index contributed by atoms with van der Waals surface area (Å²) in [5.41, 5.74) is 2.89. The smallest absolute Gasteiger partial charge is 0.238 e. The van der Waals surface area contributed by atoms with Gasteiger partial charge in [0.05, 0.1) is 11.4 Å². The van der Waals surface area contributed by atoms with Gasteiger partial charge in [0.2, 0.25) is 11.8 Å². The van der Waals surface area contributed by atoms with Crippen molar-refractivity contribution in [2.24, 2.45) is 5.92 Å². The summed E-state index contributed by atoms with van der Waals surface area (Å²) >= 11 is 1.48. The molecule has 1 saturated heterocycles. The molecule has 2 aromatic rings. The fraction of sp³-hybridized carbons (Fsp3) is 0.364. The topological polar surface area (TPSA) is 49.4 Å². The van der Waals surface area contributed by atoms with E-state index in [0.29, 0.717) is 11.4 Å². The third kappa shape index (κ3) is 3.78. The lowest BCUT2D eigenvalue weighted by molar-refractivity contribution is -0.119. The van der Waals surface area contributed by atoms with Crippen LogP contribution in [0.1, 0.15) is 42.2 Å². The number of aryl methyl sites for hydroxylation is 1. The van der Waals surface area contributed by atoms with Crippen LogP contribution in [-0.4, -0.2) is 17.6 Å². The van der Waals surface area contributed by atoms with Gasteiger partial charge in [0.15, 0.2) is 0 Å². The molecule has 1 atom stereocenters. The summed E-state index contributed by atoms with van der Waals surface area (Å²) in [5.74, 6) is 0.0182. The lowest BCUT2D eigenvalue weighted by atomic mass is 10.1. The minimum Gasteiger partial charge on any atom is -0.326 e. The van der Waals surface area contributed by atoms with E-state index in [9.17, 15) is 14.0 Å². The highest BCUT2D eigenvalue weighted by molar-refractivity contribution is 8.00. The van der Waals surface area contributed by atoms with Crippen molar-refractivity contribution >= 4 is 35.0 Å². The Balaban J connectivity index is 1.53. The van der Waals surface area contributed by atoms with Gasteiger partial charge in [-0.3, -0.25) is 14.5 Å². The first-order valence-corrected chi connectivity index (χ1v) is 10.7. The summed E-state index contributed by atoms with van der Waals surface area (Å²) in [6.45, 7) is 1.88. The second-order valence-corrected chi connectivity index (χ2v) is 8.54. The van der Waals surface area contributed by atoms with Crippen LogP contribution in [0.2, 0.25) is 0 Å². The lowest BCUT2D eigenvalue weighted by Gasteiger charge is -2.25. The van der Waals surface area contributed by atoms with Crippen molar-refractivity contribution in [2.45, 2.75) is 38.0 Å². The van der Waals surface area contributed by atoms with E-state index in [1.807, 2.05) is 31.2 Å². The minimum atomic E-state index is -0.396. The second kappa shape index (κ2) is 7.95. The normalized spacial score (nSPS) is 20.0. The zero-order valence-electron chi connectivity index (χ0n) is 15.8. The number of amides is 2. The molecule has 0 unspecified atom stereocenters. The first-order valence-electron chi connectivity index (χ1n) is 9.63. The monoisotopic (exact) mass is 398 g/mol. The third-order valence-electron chi connectivity index (χ3n) is 5.42. The van der Waals surface area contributed by atoms with Gasteiger partial charge in [-0.15, -0.1) is 11.8 Å². The molecule has 2 aliphatic rings. The Morgan fingerprint density at radius 3 is 2.57 bits per heavy atom. The average Bonchev–Trinajstić information content (AvgIpc) is 3.35. The number of carbonyl (C=O) groups is 2. The Bertz CT molecular complexity index is 894. The highest BCUT2D eigenvalue weighted by atomic mass is 32.2. The van der Waals surface area contributed by atoms with Crippen molar-refractivity contribution in [3.05, 3.63) is 59.4 Å². The molecule has 6 heteroatoms. The van der Waals surface area contributed by atoms with E-state index < -0.39 is 5.82 Å². The SMILES string of the molecule is Cc1ccc(F)c(N2C(=O)CS[C@@H]2c2ccc(NC(=O)C3CCCC3)cc2)c1. The zero-order valence-corrected chi connectivity index (χ0v) is 16.6. The Morgan fingerprint density at radius 1 is 1.14 bits per heavy atom. The third-order valence-corrected chi connectivity index (χ3v) is 6.63. The maximum atomic E-state index is 14.4. The summed E-state index contributed by atoms with van der Waals surface area (Å²) in [5, 5.41) is 2.71. The Hall–Kier alpha value is -2.34. The van der Waals surface area contributed by atoms with Crippen LogP contribution < -0.4 is 10.2 Å². The molecule has 1 aliphatic heterocycles. The zero-order chi connectivity index (χ0) is 19.7. The summed E-state index contributed by atoms with van der Waals surface area (Å²) in [6.07, 6.45) is 4.16. The van der Waals surface area contributed by atoms with Gasteiger partial charge >= 0.3 is 0 Å². The molecule has 1 heterocycles. The number of hydrogen-bond acceptors (Lipinski definition) is 3. The van der Waals surface area contributed by atoms with E-state index in [1.54, 1.807) is 17.0 Å². The molecular formula is C22H23FN2O2S. The van der Waals surface area contributed by atoms with Gasteiger partial charge in [0.25, 0.3) is 0 Å². The predicted molar refractivity (Wildman–Crippen MR) is 111 cm³/mol. The van der Waals surface area contributed by atoms with Crippen molar-refractivity contribution in [1.29, 1.82) is 0 Å². The van der Waals surface area contributed by atoms with E-state index in [1.165, 1.54) is 17.8 Å². The van der Waals surface area contributed by atoms with Gasteiger partial charge in [0, 0.05) is 11.6 Å². The molecule has 146 valence electrons. The molecule has 28 heavy (non-hydrogen) atoms. The van der Waals surface area contributed by atoms with E-state index in [0.717, 1.165) is 42.5 Å². The van der Waals surface area contributed by atoms with Gasteiger partial charge in [-0.05, 0) is 55.2 Å². The van der Waals surface area contributed by atoms with Crippen LogP contribution in [0.25, 0.3) is 0 Å². The van der Waals surface area contributed by atoms with Gasteiger partial charge in [-0.2, -0.15) is 0 Å². The number of thioether (sulfide) groups is 1. The van der Waals surface area contributed by atoms with Crippen LogP contribution >= 0.6 is 11.8 Å². The molecule has 4 nitrogen and oxygen atoms in total. The number of nitrogens with one attached hydrogen (secondary N) is 1. The van der Waals surface area contributed by atoms with Crippen molar-refractivity contribution in [3.63, 3.8) is 0 Å². The Morgan fingerprint density at radius 2 is 1.86 bits per heavy atom. The van der Waals surface area contributed by atoms with Crippen LogP contribution in [0, 0.1) is 18.7 Å². The Labute approximate surface area is 168 Å². The van der Waals surface area contributed by atoms with Crippen LogP contribution in [0.3, 0.4) is 0 Å². The minimum absolute atomic E-state index is 0.0825. The number of halogens is 1. The van der Waals surface area contributed by atoms with E-state index in [-0.39, 0.29) is 23.1 Å². The maximum Gasteiger partial charge on any atom is 0.238 e. The molecule has 0 spiro atoms. The van der Waals surface area contributed by atoms with Crippen molar-refractivity contribution in [3.8, 4) is 0 Å². The highest BCUT2D eigenvalue weighted by Crippen LogP contribution is 2.43. The number of rotatable bonds is 4. The number of hydrogen-bond donors (Lipinski definition) is 1. The standard InChI is InChI=1S/C22H23FN2O2S/c1-14-6-11-18(23)19(12-14)25-20(26)13-28-22(25)16-7-9-17(10-8-16)24-21(27)15-4-2-3-5-15/h6-12,15,22H,2-5,13H2,1H3,(H,24,27)/t22-/m1/s1. The van der Waals surface area contributed by atoms with Crippen LogP contribution in [-0.2, 0) is 9.59 Å². The van der Waals surface area contributed by atoms with Gasteiger partial charge in [-0.1, -0.05) is 31.0 Å². The molecule has 1 aliphatic carbocycles. The second-order valence-electron chi connectivity index (χ2n) is 7.47. The fourth-order valence-corrected chi connectivity index (χ4v) is 5.07. The lowest BCUT2D eigenvalue weighted by Crippen LogP contribution is -2.28. The first kappa shape index (κ1) is 19.0. The Kier molecular flexibility index (Phi) is 5.40. The quantitative estimate of drug-likeness (QED) is 0.785. The molecule has 2 fully saturated rings. The number of anilines is 2. The molecular weight excluding hydrogens is 375 g/mol. The molecule has 0 aromatic heterocycles. The first-order chi connectivity index (χ1) is 13.5. The van der Waals surface area contributed by atoms with E-state index in [2.05, 4.69) is 5.32 Å². The van der Waals surface area contributed by atoms with Crippen molar-refractivity contribution in [2.75, 3.05) is 16.0 Å². The van der Waals surface area contributed by atoms with Crippen LogP contribution in [0.15, 0.2) is 42.5 Å². The summed E-state index contributed by atoms with van der Waals surface area (Å²) in [6, 6.07) is 12.3. The molecule has 2 amide bonds. The van der Waals surface area contributed by atoms with Crippen molar-refractivity contribution in [1.82, 2.24) is 0 Å². The molecule has 2 aromatic carbocycles. The summed E-state index contributed by atoms with van der Waals surface area (Å²) < 4.78 is 14.4. The van der Waals surface area contributed by atoms with Gasteiger partial charge in [-0.25, -0.2) is 4.39 Å². The van der Waals surface area contributed by atoms with Gasteiger partial charge < -0.3 is 5.32 Å². The molecule has 4 rings (SSSR count). The highest BCUT2D eigenvalue weighted by Gasteiger charge is 2.35. The number of carbonyl (C=O) groups excluding carboxylic acids is 2. The fourth-order valence-electron chi connectivity index (χ4n) is 3.90. The largest absolute Gasteiger partial charge is 0.326 e. The van der Waals surface area contributed by atoms with E-state index >= 15 is 0 Å². The number of benzene rings is 2. The average molecular weight is 399 g/mol. The summed E-state index contributed by atoms with van der Waals surface area (Å²) in [4.78, 5) is 26.3. The molecule has 0 radical (unpaired) electrons. The van der Waals surface area contributed by atoms with Crippen LogP contribution in [0.5, 0.6) is 0 Å². The van der Waals surface area contributed by atoms with Crippen molar-refractivity contribution < 1.29 is 14.0 Å². The van der Waals surface area contributed by atoms with E-state index in [4.69, 9.17) is 0 Å². The van der Waals surface area contributed by atoms with Gasteiger partial charge in [0.1, 0.15) is 11.2 Å². The summed E-state index contributed by atoms with van der Waals surface area (Å²) in [7, 11) is 0. The predicted octanol–water partition coefficient (Wildman–Crippen LogP) is 5.04. The molecule has 0 bridgehead atoms.